The number of hydrogen-bond acceptors (Lipinski definition) is 4. The van der Waals surface area contributed by atoms with E-state index in [1.165, 1.54) is 17.5 Å². The maximum absolute atomic E-state index is 12.7. The summed E-state index contributed by atoms with van der Waals surface area (Å²) in [7, 11) is 0. The highest BCUT2D eigenvalue weighted by Gasteiger charge is 2.49. The quantitative estimate of drug-likeness (QED) is 0.759. The fourth-order valence-corrected chi connectivity index (χ4v) is 5.68. The number of nitrogens with zero attached hydrogens (tertiary/aromatic N) is 1. The molecule has 1 aromatic carbocycles. The lowest BCUT2D eigenvalue weighted by Gasteiger charge is -2.52. The van der Waals surface area contributed by atoms with E-state index in [0.717, 1.165) is 52.1 Å². The summed E-state index contributed by atoms with van der Waals surface area (Å²) in [6.07, 6.45) is 4.50. The lowest BCUT2D eigenvalue weighted by atomic mass is 9.66. The molecule has 1 aliphatic carbocycles. The molecule has 0 radical (unpaired) electrons. The number of carbonyl (C=O) groups is 1. The number of nitrogens with one attached hydrogen (secondary N) is 1. The van der Waals surface area contributed by atoms with Gasteiger partial charge in [-0.2, -0.15) is 0 Å². The van der Waals surface area contributed by atoms with Crippen LogP contribution in [-0.4, -0.2) is 48.8 Å². The Kier molecular flexibility index (Phi) is 7.04. The number of fused-ring (bicyclic) bond motifs is 1. The summed E-state index contributed by atoms with van der Waals surface area (Å²) in [4.78, 5) is 15.2. The van der Waals surface area contributed by atoms with E-state index in [1.54, 1.807) is 0 Å². The highest BCUT2D eigenvalue weighted by molar-refractivity contribution is 5.78. The maximum Gasteiger partial charge on any atom is 0.222 e. The molecule has 0 spiro atoms. The Morgan fingerprint density at radius 2 is 2.03 bits per heavy atom. The molecule has 31 heavy (non-hydrogen) atoms. The van der Waals surface area contributed by atoms with Gasteiger partial charge in [-0.1, -0.05) is 51.5 Å². The maximum atomic E-state index is 12.7. The normalized spacial score (nSPS) is 34.4. The summed E-state index contributed by atoms with van der Waals surface area (Å²) in [5, 5.41) is 3.45. The number of carbonyl (C=O) groups excluding carboxylic acids is 1. The number of benzene rings is 1. The van der Waals surface area contributed by atoms with Crippen LogP contribution >= 0.6 is 0 Å². The van der Waals surface area contributed by atoms with Gasteiger partial charge >= 0.3 is 0 Å². The van der Waals surface area contributed by atoms with Gasteiger partial charge in [0.2, 0.25) is 5.91 Å². The minimum Gasteiger partial charge on any atom is -0.379 e. The molecule has 5 heteroatoms. The molecule has 3 fully saturated rings. The smallest absolute Gasteiger partial charge is 0.222 e. The van der Waals surface area contributed by atoms with Crippen molar-refractivity contribution >= 4 is 5.91 Å². The van der Waals surface area contributed by atoms with Crippen molar-refractivity contribution in [3.63, 3.8) is 0 Å². The Labute approximate surface area is 187 Å². The molecule has 0 aromatic heterocycles. The largest absolute Gasteiger partial charge is 0.379 e. The predicted octanol–water partition coefficient (Wildman–Crippen LogP) is 4.32. The van der Waals surface area contributed by atoms with Gasteiger partial charge in [0.1, 0.15) is 0 Å². The second-order valence-electron chi connectivity index (χ2n) is 10.6. The third-order valence-corrected chi connectivity index (χ3v) is 7.59. The number of rotatable bonds is 5. The molecule has 0 bridgehead atoms. The molecule has 2 saturated heterocycles. The van der Waals surface area contributed by atoms with Crippen LogP contribution in [0.15, 0.2) is 24.3 Å². The standard InChI is InChI=1S/C26H40N2O3/c1-18(2)25(29)27-26(4)16-24(31-23-14-19(3)8-9-22(23)26)21-7-5-6-20(15-21)17-28-10-12-30-13-11-28/h5-7,15,18-19,22-24H,8-14,16-17H2,1-4H3,(H,27,29)/t19-,22-,23-,24-,26-/m1/s1. The van der Waals surface area contributed by atoms with Crippen LogP contribution in [0.4, 0.5) is 0 Å². The Morgan fingerprint density at radius 1 is 1.26 bits per heavy atom. The molecule has 3 aliphatic rings. The summed E-state index contributed by atoms with van der Waals surface area (Å²) >= 11 is 0. The molecular formula is C26H40N2O3. The third kappa shape index (κ3) is 5.32. The summed E-state index contributed by atoms with van der Waals surface area (Å²) < 4.78 is 12.2. The molecule has 1 amide bonds. The Morgan fingerprint density at radius 3 is 2.77 bits per heavy atom. The molecule has 1 aromatic rings. The van der Waals surface area contributed by atoms with E-state index < -0.39 is 0 Å². The van der Waals surface area contributed by atoms with Gasteiger partial charge in [0.05, 0.1) is 25.4 Å². The first-order valence-electron chi connectivity index (χ1n) is 12.2. The van der Waals surface area contributed by atoms with Gasteiger partial charge in [0.25, 0.3) is 0 Å². The molecule has 1 saturated carbocycles. The van der Waals surface area contributed by atoms with Crippen molar-refractivity contribution in [2.45, 2.75) is 77.7 Å². The first-order chi connectivity index (χ1) is 14.8. The van der Waals surface area contributed by atoms with Gasteiger partial charge in [-0.05, 0) is 36.8 Å². The molecule has 172 valence electrons. The van der Waals surface area contributed by atoms with E-state index in [9.17, 15) is 4.79 Å². The molecule has 5 nitrogen and oxygen atoms in total. The molecule has 0 unspecified atom stereocenters. The topological polar surface area (TPSA) is 50.8 Å². The number of amides is 1. The van der Waals surface area contributed by atoms with E-state index in [4.69, 9.17) is 9.47 Å². The Bertz CT molecular complexity index is 761. The highest BCUT2D eigenvalue weighted by atomic mass is 16.5. The van der Waals surface area contributed by atoms with Gasteiger partial charge in [0.15, 0.2) is 0 Å². The Balaban J connectivity index is 1.54. The summed E-state index contributed by atoms with van der Waals surface area (Å²) in [5.74, 6) is 1.22. The van der Waals surface area contributed by atoms with Crippen molar-refractivity contribution in [3.05, 3.63) is 35.4 Å². The number of ether oxygens (including phenoxy) is 2. The van der Waals surface area contributed by atoms with Crippen LogP contribution in [0.5, 0.6) is 0 Å². The van der Waals surface area contributed by atoms with Gasteiger partial charge in [-0.15, -0.1) is 0 Å². The van der Waals surface area contributed by atoms with Crippen molar-refractivity contribution in [3.8, 4) is 0 Å². The van der Waals surface area contributed by atoms with Gasteiger partial charge in [0, 0.05) is 43.4 Å². The van der Waals surface area contributed by atoms with Crippen LogP contribution in [0.1, 0.15) is 70.6 Å². The lowest BCUT2D eigenvalue weighted by molar-refractivity contribution is -0.155. The van der Waals surface area contributed by atoms with E-state index >= 15 is 0 Å². The molecule has 5 atom stereocenters. The predicted molar refractivity (Wildman–Crippen MR) is 123 cm³/mol. The van der Waals surface area contributed by atoms with Crippen LogP contribution in [0.25, 0.3) is 0 Å². The fourth-order valence-electron chi connectivity index (χ4n) is 5.68. The molecule has 2 aliphatic heterocycles. The average molecular weight is 429 g/mol. The number of morpholine rings is 1. The van der Waals surface area contributed by atoms with Crippen molar-refractivity contribution < 1.29 is 14.3 Å². The van der Waals surface area contributed by atoms with Crippen LogP contribution in [0.2, 0.25) is 0 Å². The van der Waals surface area contributed by atoms with Crippen molar-refractivity contribution in [2.75, 3.05) is 26.3 Å². The fraction of sp³-hybridized carbons (Fsp3) is 0.731. The van der Waals surface area contributed by atoms with Crippen molar-refractivity contribution in [1.29, 1.82) is 0 Å². The lowest BCUT2D eigenvalue weighted by Crippen LogP contribution is -2.61. The minimum atomic E-state index is -0.227. The molecule has 1 N–H and O–H groups in total. The van der Waals surface area contributed by atoms with E-state index in [2.05, 4.69) is 48.3 Å². The Hall–Kier alpha value is -1.43. The van der Waals surface area contributed by atoms with Crippen LogP contribution in [-0.2, 0) is 20.8 Å². The monoisotopic (exact) mass is 428 g/mol. The van der Waals surface area contributed by atoms with Crippen LogP contribution in [0.3, 0.4) is 0 Å². The third-order valence-electron chi connectivity index (χ3n) is 7.59. The van der Waals surface area contributed by atoms with Crippen LogP contribution in [0, 0.1) is 17.8 Å². The molecule has 2 heterocycles. The number of hydrogen-bond donors (Lipinski definition) is 1. The molecular weight excluding hydrogens is 388 g/mol. The van der Waals surface area contributed by atoms with Gasteiger partial charge < -0.3 is 14.8 Å². The SMILES string of the molecule is CC(C)C(=O)N[C@]1(C)C[C@H](c2cccc(CN3CCOCC3)c2)O[C@@H]2C[C@H](C)CC[C@H]21. The van der Waals surface area contributed by atoms with Gasteiger partial charge in [-0.3, -0.25) is 9.69 Å². The van der Waals surface area contributed by atoms with E-state index in [1.807, 2.05) is 13.8 Å². The van der Waals surface area contributed by atoms with E-state index in [0.29, 0.717) is 11.8 Å². The van der Waals surface area contributed by atoms with Crippen molar-refractivity contribution in [1.82, 2.24) is 10.2 Å². The zero-order valence-corrected chi connectivity index (χ0v) is 19.7. The first-order valence-corrected chi connectivity index (χ1v) is 12.2. The highest BCUT2D eigenvalue weighted by Crippen LogP contribution is 2.48. The van der Waals surface area contributed by atoms with E-state index in [-0.39, 0.29) is 29.6 Å². The summed E-state index contributed by atoms with van der Waals surface area (Å²) in [6.45, 7) is 13.1. The zero-order valence-electron chi connectivity index (χ0n) is 19.7. The minimum absolute atomic E-state index is 0.00376. The second-order valence-corrected chi connectivity index (χ2v) is 10.6. The zero-order chi connectivity index (χ0) is 22.0. The molecule has 4 rings (SSSR count). The second kappa shape index (κ2) is 9.60. The van der Waals surface area contributed by atoms with Gasteiger partial charge in [-0.25, -0.2) is 0 Å². The first kappa shape index (κ1) is 22.8. The van der Waals surface area contributed by atoms with Crippen molar-refractivity contribution in [2.24, 2.45) is 17.8 Å². The summed E-state index contributed by atoms with van der Waals surface area (Å²) in [5.41, 5.74) is 2.34. The average Bonchev–Trinajstić information content (AvgIpc) is 2.74. The van der Waals surface area contributed by atoms with Crippen LogP contribution < -0.4 is 5.32 Å². The summed E-state index contributed by atoms with van der Waals surface area (Å²) in [6, 6.07) is 8.89.